The van der Waals surface area contributed by atoms with E-state index in [1.54, 1.807) is 7.05 Å². The highest BCUT2D eigenvalue weighted by Crippen LogP contribution is 2.15. The molecule has 8 nitrogen and oxygen atoms in total. The topological polar surface area (TPSA) is 89.1 Å². The molecule has 0 atom stereocenters. The quantitative estimate of drug-likeness (QED) is 0.0366. The van der Waals surface area contributed by atoms with Gasteiger partial charge in [-0.1, -0.05) is 156 Å². The van der Waals surface area contributed by atoms with Crippen LogP contribution >= 0.6 is 0 Å². The molecule has 0 saturated carbocycles. The Labute approximate surface area is 332 Å². The molecule has 53 heavy (non-hydrogen) atoms. The Hall–Kier alpha value is -1.38. The molecule has 0 unspecified atom stereocenters. The average Bonchev–Trinajstić information content (AvgIpc) is 3.16. The molecule has 2 amide bonds. The summed E-state index contributed by atoms with van der Waals surface area (Å²) in [5, 5.41) is 5.57. The van der Waals surface area contributed by atoms with Crippen LogP contribution in [0.5, 0.6) is 0 Å². The molecule has 0 aliphatic rings. The van der Waals surface area contributed by atoms with E-state index < -0.39 is 0 Å². The Morgan fingerprint density at radius 3 is 1.43 bits per heavy atom. The number of carbonyl (C=O) groups is 2. The van der Waals surface area contributed by atoms with Crippen LogP contribution in [0.1, 0.15) is 223 Å². The van der Waals surface area contributed by atoms with Crippen LogP contribution in [0.25, 0.3) is 0 Å². The number of rotatable bonds is 43. The molecular formula is C45H95N3O5. The molecule has 0 heterocycles. The van der Waals surface area contributed by atoms with Crippen LogP contribution in [-0.4, -0.2) is 76.2 Å². The Bertz CT molecular complexity index is 750. The first-order valence-electron chi connectivity index (χ1n) is 23.1. The summed E-state index contributed by atoms with van der Waals surface area (Å²) in [6, 6.07) is -0.108. The third-order valence-electron chi connectivity index (χ3n) is 10.3. The fraction of sp³-hybridized carbons (Fsp3) is 0.956. The fourth-order valence-corrected chi connectivity index (χ4v) is 6.79. The number of amides is 2. The van der Waals surface area contributed by atoms with E-state index in [1.807, 2.05) is 0 Å². The van der Waals surface area contributed by atoms with Crippen molar-refractivity contribution in [1.82, 2.24) is 15.5 Å². The molecule has 0 radical (unpaired) electrons. The highest BCUT2D eigenvalue weighted by molar-refractivity contribution is 5.73. The van der Waals surface area contributed by atoms with Crippen molar-refractivity contribution < 1.29 is 26.7 Å². The Balaban J connectivity index is -0.0000135. The zero-order valence-electron chi connectivity index (χ0n) is 35.9. The van der Waals surface area contributed by atoms with E-state index in [9.17, 15) is 9.59 Å². The Kier molecular flexibility index (Phi) is 42.2. The highest BCUT2D eigenvalue weighted by Gasteiger charge is 2.11. The summed E-state index contributed by atoms with van der Waals surface area (Å²) >= 11 is 0. The number of unbranched alkanes of at least 4 members (excludes halogenated alkanes) is 23. The number of urea groups is 1. The second-order valence-corrected chi connectivity index (χ2v) is 15.5. The first kappa shape index (κ1) is 51.6. The number of hydrogen-bond acceptors (Lipinski definition) is 6. The smallest absolute Gasteiger partial charge is 0.314 e. The van der Waals surface area contributed by atoms with Crippen molar-refractivity contribution in [2.45, 2.75) is 226 Å². The van der Waals surface area contributed by atoms with E-state index in [0.717, 1.165) is 84.2 Å². The van der Waals surface area contributed by atoms with Gasteiger partial charge in [0.1, 0.15) is 0 Å². The largest absolute Gasteiger partial charge is 0.466 e. The van der Waals surface area contributed by atoms with Gasteiger partial charge in [0.05, 0.1) is 6.61 Å². The minimum Gasteiger partial charge on any atom is -0.466 e. The second kappa shape index (κ2) is 43.3. The first-order valence-corrected chi connectivity index (χ1v) is 23.1. The van der Waals surface area contributed by atoms with E-state index in [-0.39, 0.29) is 21.1 Å². The van der Waals surface area contributed by atoms with Gasteiger partial charge in [0.15, 0.2) is 6.29 Å². The number of esters is 1. The summed E-state index contributed by atoms with van der Waals surface area (Å²) in [6.07, 6.45) is 36.9. The Morgan fingerprint density at radius 2 is 0.925 bits per heavy atom. The zero-order valence-corrected chi connectivity index (χ0v) is 35.9. The summed E-state index contributed by atoms with van der Waals surface area (Å²) < 4.78 is 18.0. The summed E-state index contributed by atoms with van der Waals surface area (Å²) in [5.41, 5.74) is 0. The lowest BCUT2D eigenvalue weighted by atomic mass is 10.1. The molecule has 320 valence electrons. The normalized spacial score (nSPS) is 11.5. The van der Waals surface area contributed by atoms with Crippen molar-refractivity contribution in [1.29, 1.82) is 0 Å². The van der Waals surface area contributed by atoms with Crippen LogP contribution in [-0.2, 0) is 19.0 Å². The van der Waals surface area contributed by atoms with Gasteiger partial charge in [-0.15, -0.1) is 0 Å². The first-order chi connectivity index (χ1) is 26.1. The fourth-order valence-electron chi connectivity index (χ4n) is 6.79. The van der Waals surface area contributed by atoms with Crippen LogP contribution in [0.2, 0.25) is 0 Å². The summed E-state index contributed by atoms with van der Waals surface area (Å²) in [5.74, 6) is -0.0237. The van der Waals surface area contributed by atoms with Crippen molar-refractivity contribution in [3.63, 3.8) is 0 Å². The predicted octanol–water partition coefficient (Wildman–Crippen LogP) is 12.8. The lowest BCUT2D eigenvalue weighted by Crippen LogP contribution is -2.35. The number of hydrogen-bond donors (Lipinski definition) is 2. The maximum absolute atomic E-state index is 12.1. The van der Waals surface area contributed by atoms with Crippen molar-refractivity contribution >= 4 is 12.0 Å². The molecule has 0 bridgehead atoms. The lowest BCUT2D eigenvalue weighted by molar-refractivity contribution is -0.148. The molecule has 0 aromatic heterocycles. The Morgan fingerprint density at radius 1 is 0.509 bits per heavy atom. The average molecular weight is 758 g/mol. The van der Waals surface area contributed by atoms with Crippen LogP contribution in [0.3, 0.4) is 0 Å². The van der Waals surface area contributed by atoms with Gasteiger partial charge >= 0.3 is 12.0 Å². The molecule has 0 saturated heterocycles. The van der Waals surface area contributed by atoms with Crippen LogP contribution in [0, 0.1) is 0 Å². The van der Waals surface area contributed by atoms with Crippen molar-refractivity contribution in [3.05, 3.63) is 0 Å². The molecule has 0 aromatic rings. The van der Waals surface area contributed by atoms with Gasteiger partial charge in [0.25, 0.3) is 0 Å². The second-order valence-electron chi connectivity index (χ2n) is 15.5. The molecule has 0 aliphatic heterocycles. The maximum Gasteiger partial charge on any atom is 0.314 e. The SMILES string of the molecule is CCCCCCCCCOC(=O)CCCCCCCN(CCCCCCC(OCCCCCCCC)OCCCCCCCC)CCCNC(=O)NC.[HH].[HH]. The lowest BCUT2D eigenvalue weighted by Gasteiger charge is -2.23. The van der Waals surface area contributed by atoms with E-state index in [4.69, 9.17) is 14.2 Å². The van der Waals surface area contributed by atoms with E-state index in [2.05, 4.69) is 36.3 Å². The van der Waals surface area contributed by atoms with Crippen LogP contribution in [0.15, 0.2) is 0 Å². The minimum atomic E-state index is -0.108. The zero-order chi connectivity index (χ0) is 38.7. The predicted molar refractivity (Wildman–Crippen MR) is 230 cm³/mol. The standard InChI is InChI=1S/C45H91N3O5.2H2/c1-5-8-11-14-17-25-30-40-51-43(49)34-26-19-18-21-28-37-48(39-33-36-47-45(50)46-4)38-29-22-20-27-35-44(52-41-31-23-15-12-9-6-2)53-42-32-24-16-13-10-7-3;;/h44H,5-42H2,1-4H3,(H2,46,47,50);2*1H. The van der Waals surface area contributed by atoms with E-state index in [1.165, 1.54) is 141 Å². The molecule has 8 heteroatoms. The molecular weight excluding hydrogens is 663 g/mol. The van der Waals surface area contributed by atoms with E-state index in [0.29, 0.717) is 19.6 Å². The number of nitrogens with one attached hydrogen (secondary N) is 2. The summed E-state index contributed by atoms with van der Waals surface area (Å²) in [6.45, 7) is 12.9. The molecule has 2 N–H and O–H groups in total. The van der Waals surface area contributed by atoms with E-state index >= 15 is 0 Å². The van der Waals surface area contributed by atoms with Crippen LogP contribution in [0.4, 0.5) is 4.79 Å². The number of ether oxygens (including phenoxy) is 3. The van der Waals surface area contributed by atoms with Gasteiger partial charge in [-0.3, -0.25) is 4.79 Å². The van der Waals surface area contributed by atoms with Crippen molar-refractivity contribution in [2.24, 2.45) is 0 Å². The highest BCUT2D eigenvalue weighted by atomic mass is 16.7. The van der Waals surface area contributed by atoms with Crippen molar-refractivity contribution in [3.8, 4) is 0 Å². The number of carbonyl (C=O) groups excluding carboxylic acids is 2. The third-order valence-corrected chi connectivity index (χ3v) is 10.3. The van der Waals surface area contributed by atoms with Gasteiger partial charge < -0.3 is 29.7 Å². The van der Waals surface area contributed by atoms with Gasteiger partial charge in [-0.25, -0.2) is 4.79 Å². The van der Waals surface area contributed by atoms with Crippen molar-refractivity contribution in [2.75, 3.05) is 53.0 Å². The van der Waals surface area contributed by atoms with Gasteiger partial charge in [0, 0.05) is 36.1 Å². The molecule has 0 aromatic carbocycles. The van der Waals surface area contributed by atoms with Crippen LogP contribution < -0.4 is 10.6 Å². The molecule has 0 aliphatic carbocycles. The molecule has 0 rings (SSSR count). The summed E-state index contributed by atoms with van der Waals surface area (Å²) in [7, 11) is 1.66. The third kappa shape index (κ3) is 40.1. The summed E-state index contributed by atoms with van der Waals surface area (Å²) in [4.78, 5) is 26.3. The van der Waals surface area contributed by atoms with Gasteiger partial charge in [-0.2, -0.15) is 0 Å². The molecule has 0 fully saturated rings. The maximum atomic E-state index is 12.1. The monoisotopic (exact) mass is 758 g/mol. The minimum absolute atomic E-state index is 0. The van der Waals surface area contributed by atoms with Gasteiger partial charge in [-0.05, 0) is 77.4 Å². The molecule has 0 spiro atoms. The number of nitrogens with zero attached hydrogens (tertiary/aromatic N) is 1. The van der Waals surface area contributed by atoms with Gasteiger partial charge in [0.2, 0.25) is 0 Å².